The van der Waals surface area contributed by atoms with Gasteiger partial charge in [0.25, 0.3) is 0 Å². The van der Waals surface area contributed by atoms with Crippen LogP contribution < -0.4 is 11.1 Å². The number of hydrogen-bond acceptors (Lipinski definition) is 3. The maximum absolute atomic E-state index is 13.0. The first-order valence-corrected chi connectivity index (χ1v) is 5.97. The predicted molar refractivity (Wildman–Crippen MR) is 74.2 cm³/mol. The summed E-state index contributed by atoms with van der Waals surface area (Å²) in [5, 5.41) is 12.1. The van der Waals surface area contributed by atoms with Gasteiger partial charge in [-0.2, -0.15) is 5.26 Å². The zero-order valence-corrected chi connectivity index (χ0v) is 10.4. The van der Waals surface area contributed by atoms with E-state index in [4.69, 9.17) is 11.0 Å². The Bertz CT molecular complexity index is 600. The largest absolute Gasteiger partial charge is 0.399 e. The Labute approximate surface area is 111 Å². The fraction of sp³-hybridized carbons (Fsp3) is 0.133. The third-order valence-corrected chi connectivity index (χ3v) is 2.81. The predicted octanol–water partition coefficient (Wildman–Crippen LogP) is 2.93. The highest BCUT2D eigenvalue weighted by Crippen LogP contribution is 2.16. The fourth-order valence-electron chi connectivity index (χ4n) is 1.79. The number of halogens is 1. The molecule has 2 rings (SSSR count). The molecule has 4 heteroatoms. The van der Waals surface area contributed by atoms with Crippen LogP contribution in [0.1, 0.15) is 11.1 Å². The van der Waals surface area contributed by atoms with Gasteiger partial charge in [-0.05, 0) is 42.3 Å². The molecule has 0 radical (unpaired) electrons. The molecule has 0 aliphatic heterocycles. The lowest BCUT2D eigenvalue weighted by atomic mass is 10.1. The summed E-state index contributed by atoms with van der Waals surface area (Å²) in [5.41, 5.74) is 8.47. The first-order chi connectivity index (χ1) is 9.19. The minimum absolute atomic E-state index is 0.317. The third-order valence-electron chi connectivity index (χ3n) is 2.81. The summed E-state index contributed by atoms with van der Waals surface area (Å²) in [6.45, 7) is 0.671. The van der Waals surface area contributed by atoms with Crippen molar-refractivity contribution >= 4 is 11.4 Å². The lowest BCUT2D eigenvalue weighted by Crippen LogP contribution is -2.06. The van der Waals surface area contributed by atoms with Gasteiger partial charge in [0.05, 0.1) is 11.3 Å². The van der Waals surface area contributed by atoms with Crippen LogP contribution in [0.4, 0.5) is 15.8 Å². The second-order valence-electron chi connectivity index (χ2n) is 4.22. The van der Waals surface area contributed by atoms with E-state index in [1.807, 2.05) is 30.3 Å². The van der Waals surface area contributed by atoms with Crippen LogP contribution >= 0.6 is 0 Å². The van der Waals surface area contributed by atoms with E-state index in [0.29, 0.717) is 17.8 Å². The van der Waals surface area contributed by atoms with E-state index in [-0.39, 0.29) is 0 Å². The van der Waals surface area contributed by atoms with Crippen molar-refractivity contribution in [3.63, 3.8) is 0 Å². The monoisotopic (exact) mass is 255 g/mol. The van der Waals surface area contributed by atoms with Gasteiger partial charge in [0.15, 0.2) is 0 Å². The standard InChI is InChI=1S/C15H14FN3/c16-13-3-6-15(12(9-13)10-17)19-8-7-11-1-4-14(18)5-2-11/h1-6,9,19H,7-8,18H2. The van der Waals surface area contributed by atoms with Crippen LogP contribution in [-0.2, 0) is 6.42 Å². The molecule has 2 aromatic carbocycles. The number of nitrogens with one attached hydrogen (secondary N) is 1. The molecule has 0 aliphatic rings. The second-order valence-corrected chi connectivity index (χ2v) is 4.22. The Morgan fingerprint density at radius 1 is 1.16 bits per heavy atom. The zero-order valence-electron chi connectivity index (χ0n) is 10.4. The molecule has 0 fully saturated rings. The van der Waals surface area contributed by atoms with E-state index in [1.54, 1.807) is 6.07 Å². The molecule has 96 valence electrons. The highest BCUT2D eigenvalue weighted by molar-refractivity contribution is 5.57. The molecule has 2 aromatic rings. The Balaban J connectivity index is 1.96. The summed E-state index contributed by atoms with van der Waals surface area (Å²) >= 11 is 0. The van der Waals surface area contributed by atoms with Crippen LogP contribution in [0.25, 0.3) is 0 Å². The molecule has 3 N–H and O–H groups in total. The van der Waals surface area contributed by atoms with Crippen molar-refractivity contribution in [1.82, 2.24) is 0 Å². The van der Waals surface area contributed by atoms with Crippen LogP contribution in [-0.4, -0.2) is 6.54 Å². The molecule has 0 saturated carbocycles. The molecule has 0 atom stereocenters. The topological polar surface area (TPSA) is 61.8 Å². The molecule has 0 heterocycles. The first-order valence-electron chi connectivity index (χ1n) is 5.97. The Morgan fingerprint density at radius 3 is 2.58 bits per heavy atom. The third kappa shape index (κ3) is 3.46. The molecule has 0 saturated heterocycles. The van der Waals surface area contributed by atoms with E-state index in [2.05, 4.69) is 5.32 Å². The number of nitrogens with two attached hydrogens (primary N) is 1. The van der Waals surface area contributed by atoms with Crippen LogP contribution in [0, 0.1) is 17.1 Å². The van der Waals surface area contributed by atoms with Crippen LogP contribution in [0.5, 0.6) is 0 Å². The second kappa shape index (κ2) is 5.87. The lowest BCUT2D eigenvalue weighted by Gasteiger charge is -2.08. The fourth-order valence-corrected chi connectivity index (χ4v) is 1.79. The highest BCUT2D eigenvalue weighted by Gasteiger charge is 2.03. The van der Waals surface area contributed by atoms with E-state index < -0.39 is 5.82 Å². The van der Waals surface area contributed by atoms with Gasteiger partial charge in [0, 0.05) is 12.2 Å². The number of nitrogens with zero attached hydrogens (tertiary/aromatic N) is 1. The van der Waals surface area contributed by atoms with Crippen LogP contribution in [0.3, 0.4) is 0 Å². The minimum atomic E-state index is -0.402. The quantitative estimate of drug-likeness (QED) is 0.826. The van der Waals surface area contributed by atoms with Crippen molar-refractivity contribution in [2.24, 2.45) is 0 Å². The van der Waals surface area contributed by atoms with Gasteiger partial charge in [-0.25, -0.2) is 4.39 Å². The molecule has 0 unspecified atom stereocenters. The van der Waals surface area contributed by atoms with Crippen molar-refractivity contribution in [2.45, 2.75) is 6.42 Å². The number of hydrogen-bond donors (Lipinski definition) is 2. The van der Waals surface area contributed by atoms with Crippen molar-refractivity contribution in [3.8, 4) is 6.07 Å². The molecule has 0 spiro atoms. The molecule has 3 nitrogen and oxygen atoms in total. The summed E-state index contributed by atoms with van der Waals surface area (Å²) in [4.78, 5) is 0. The van der Waals surface area contributed by atoms with Crippen molar-refractivity contribution < 1.29 is 4.39 Å². The Morgan fingerprint density at radius 2 is 1.89 bits per heavy atom. The van der Waals surface area contributed by atoms with Gasteiger partial charge < -0.3 is 11.1 Å². The average molecular weight is 255 g/mol. The SMILES string of the molecule is N#Cc1cc(F)ccc1NCCc1ccc(N)cc1. The Hall–Kier alpha value is -2.54. The van der Waals surface area contributed by atoms with E-state index in [9.17, 15) is 4.39 Å². The van der Waals surface area contributed by atoms with E-state index in [0.717, 1.165) is 17.7 Å². The van der Waals surface area contributed by atoms with Gasteiger partial charge >= 0.3 is 0 Å². The molecule has 0 bridgehead atoms. The van der Waals surface area contributed by atoms with Crippen LogP contribution in [0.15, 0.2) is 42.5 Å². The van der Waals surface area contributed by atoms with Gasteiger partial charge in [-0.1, -0.05) is 12.1 Å². The number of benzene rings is 2. The van der Waals surface area contributed by atoms with Crippen molar-refractivity contribution in [3.05, 3.63) is 59.4 Å². The normalized spacial score (nSPS) is 9.89. The van der Waals surface area contributed by atoms with Gasteiger partial charge in [-0.15, -0.1) is 0 Å². The molecular weight excluding hydrogens is 241 g/mol. The maximum Gasteiger partial charge on any atom is 0.124 e. The minimum Gasteiger partial charge on any atom is -0.399 e. The molecule has 19 heavy (non-hydrogen) atoms. The van der Waals surface area contributed by atoms with Crippen molar-refractivity contribution in [2.75, 3.05) is 17.6 Å². The summed E-state index contributed by atoms with van der Waals surface area (Å²) in [6.07, 6.45) is 0.808. The van der Waals surface area contributed by atoms with Crippen LogP contribution in [0.2, 0.25) is 0 Å². The Kier molecular flexibility index (Phi) is 3.99. The number of nitriles is 1. The molecular formula is C15H14FN3. The number of rotatable bonds is 4. The van der Waals surface area contributed by atoms with Gasteiger partial charge in [0.1, 0.15) is 11.9 Å². The summed E-state index contributed by atoms with van der Waals surface area (Å²) in [7, 11) is 0. The average Bonchev–Trinajstić information content (AvgIpc) is 2.42. The summed E-state index contributed by atoms with van der Waals surface area (Å²) in [5.74, 6) is -0.402. The summed E-state index contributed by atoms with van der Waals surface area (Å²) in [6, 6.07) is 13.8. The zero-order chi connectivity index (χ0) is 13.7. The molecule has 0 aliphatic carbocycles. The smallest absolute Gasteiger partial charge is 0.124 e. The van der Waals surface area contributed by atoms with E-state index >= 15 is 0 Å². The van der Waals surface area contributed by atoms with E-state index in [1.165, 1.54) is 12.1 Å². The molecule has 0 aromatic heterocycles. The summed E-state index contributed by atoms with van der Waals surface area (Å²) < 4.78 is 13.0. The maximum atomic E-state index is 13.0. The number of anilines is 2. The first kappa shape index (κ1) is 12.9. The highest BCUT2D eigenvalue weighted by atomic mass is 19.1. The number of nitrogen functional groups attached to an aromatic ring is 1. The van der Waals surface area contributed by atoms with Gasteiger partial charge in [0.2, 0.25) is 0 Å². The van der Waals surface area contributed by atoms with Crippen molar-refractivity contribution in [1.29, 1.82) is 5.26 Å². The van der Waals surface area contributed by atoms with Gasteiger partial charge in [-0.3, -0.25) is 0 Å². The molecule has 0 amide bonds. The lowest BCUT2D eigenvalue weighted by molar-refractivity contribution is 0.627.